The summed E-state index contributed by atoms with van der Waals surface area (Å²) in [7, 11) is 0. The first-order valence-electron chi connectivity index (χ1n) is 5.25. The quantitative estimate of drug-likeness (QED) is 0.816. The number of nitrogens with two attached hydrogens (primary N) is 1. The van der Waals surface area contributed by atoms with Gasteiger partial charge in [-0.25, -0.2) is 4.68 Å². The Labute approximate surface area is 98.5 Å². The number of carboxylic acid groups (broad SMARTS) is 1. The highest BCUT2D eigenvalue weighted by molar-refractivity contribution is 5.73. The van der Waals surface area contributed by atoms with Gasteiger partial charge in [-0.2, -0.15) is 5.10 Å². The highest BCUT2D eigenvalue weighted by Gasteiger charge is 2.14. The molecule has 0 saturated carbocycles. The molecule has 0 aliphatic carbocycles. The number of aromatic nitrogens is 2. The Morgan fingerprint density at radius 2 is 2.18 bits per heavy atom. The van der Waals surface area contributed by atoms with Crippen LogP contribution in [0.25, 0.3) is 5.69 Å². The molecule has 0 aliphatic heterocycles. The number of rotatable bonds is 4. The molecular weight excluding hydrogens is 218 g/mol. The van der Waals surface area contributed by atoms with Crippen LogP contribution in [0.2, 0.25) is 0 Å². The van der Waals surface area contributed by atoms with Gasteiger partial charge in [0.25, 0.3) is 0 Å². The Hall–Kier alpha value is -2.14. The average molecular weight is 231 g/mol. The third kappa shape index (κ3) is 2.51. The number of hydrogen-bond acceptors (Lipinski definition) is 3. The minimum atomic E-state index is -1.000. The lowest BCUT2D eigenvalue weighted by Gasteiger charge is -2.11. The summed E-state index contributed by atoms with van der Waals surface area (Å²) in [6.07, 6.45) is 3.77. The third-order valence-corrected chi connectivity index (χ3v) is 2.50. The van der Waals surface area contributed by atoms with E-state index in [1.165, 1.54) is 0 Å². The molecule has 0 amide bonds. The summed E-state index contributed by atoms with van der Waals surface area (Å²) in [5, 5.41) is 12.9. The molecule has 1 aromatic heterocycles. The summed E-state index contributed by atoms with van der Waals surface area (Å²) in [4.78, 5) is 10.8. The fourth-order valence-electron chi connectivity index (χ4n) is 1.64. The maximum absolute atomic E-state index is 10.8. The molecule has 0 aliphatic rings. The number of benzene rings is 1. The molecule has 1 unspecified atom stereocenters. The van der Waals surface area contributed by atoms with Gasteiger partial charge in [-0.15, -0.1) is 0 Å². The van der Waals surface area contributed by atoms with Crippen LogP contribution in [0.4, 0.5) is 0 Å². The first-order chi connectivity index (χ1) is 8.18. The first-order valence-corrected chi connectivity index (χ1v) is 5.25. The summed E-state index contributed by atoms with van der Waals surface area (Å²) in [6, 6.07) is 8.40. The number of nitrogens with zero attached hydrogens (tertiary/aromatic N) is 2. The Balaban J connectivity index is 2.32. The number of para-hydroxylation sites is 1. The van der Waals surface area contributed by atoms with Gasteiger partial charge in [0.2, 0.25) is 0 Å². The number of aliphatic carboxylic acids is 1. The van der Waals surface area contributed by atoms with Crippen molar-refractivity contribution in [3.63, 3.8) is 0 Å². The van der Waals surface area contributed by atoms with Crippen LogP contribution in [0.15, 0.2) is 42.7 Å². The summed E-state index contributed by atoms with van der Waals surface area (Å²) in [5.41, 5.74) is 7.26. The van der Waals surface area contributed by atoms with Crippen LogP contribution < -0.4 is 5.73 Å². The van der Waals surface area contributed by atoms with Crippen molar-refractivity contribution in [2.24, 2.45) is 5.73 Å². The first kappa shape index (κ1) is 11.3. The molecule has 0 saturated heterocycles. The Bertz CT molecular complexity index is 508. The van der Waals surface area contributed by atoms with Crippen LogP contribution >= 0.6 is 0 Å². The van der Waals surface area contributed by atoms with E-state index < -0.39 is 12.0 Å². The molecule has 2 rings (SSSR count). The standard InChI is InChI=1S/C12H13N3O2/c13-10(12(16)17)8-9-4-1-2-5-11(9)15-7-3-6-14-15/h1-7,10H,8,13H2,(H,16,17). The zero-order valence-electron chi connectivity index (χ0n) is 9.15. The fourth-order valence-corrected chi connectivity index (χ4v) is 1.64. The highest BCUT2D eigenvalue weighted by atomic mass is 16.4. The minimum absolute atomic E-state index is 0.283. The van der Waals surface area contributed by atoms with Gasteiger partial charge in [-0.1, -0.05) is 18.2 Å². The molecule has 0 fully saturated rings. The van der Waals surface area contributed by atoms with E-state index in [2.05, 4.69) is 5.10 Å². The van der Waals surface area contributed by atoms with E-state index in [-0.39, 0.29) is 6.42 Å². The van der Waals surface area contributed by atoms with Crippen molar-refractivity contribution >= 4 is 5.97 Å². The summed E-state index contributed by atoms with van der Waals surface area (Å²) >= 11 is 0. The van der Waals surface area contributed by atoms with Crippen molar-refractivity contribution in [1.82, 2.24) is 9.78 Å². The fraction of sp³-hybridized carbons (Fsp3) is 0.167. The van der Waals surface area contributed by atoms with Gasteiger partial charge >= 0.3 is 5.97 Å². The maximum atomic E-state index is 10.8. The molecule has 1 aromatic carbocycles. The predicted molar refractivity (Wildman–Crippen MR) is 62.9 cm³/mol. The van der Waals surface area contributed by atoms with E-state index in [9.17, 15) is 4.79 Å². The van der Waals surface area contributed by atoms with Gasteiger partial charge in [0, 0.05) is 18.8 Å². The predicted octanol–water partition coefficient (Wildman–Crippen LogP) is 0.827. The molecule has 17 heavy (non-hydrogen) atoms. The normalized spacial score (nSPS) is 12.3. The molecule has 88 valence electrons. The van der Waals surface area contributed by atoms with Gasteiger partial charge in [0.15, 0.2) is 0 Å². The van der Waals surface area contributed by atoms with Crippen molar-refractivity contribution in [3.05, 3.63) is 48.3 Å². The van der Waals surface area contributed by atoms with Crippen molar-refractivity contribution in [2.75, 3.05) is 0 Å². The van der Waals surface area contributed by atoms with E-state index >= 15 is 0 Å². The molecule has 0 spiro atoms. The van der Waals surface area contributed by atoms with Gasteiger partial charge in [-0.3, -0.25) is 4.79 Å². The van der Waals surface area contributed by atoms with Gasteiger partial charge in [0.1, 0.15) is 6.04 Å². The molecule has 3 N–H and O–H groups in total. The zero-order chi connectivity index (χ0) is 12.3. The number of carboxylic acids is 1. The summed E-state index contributed by atoms with van der Waals surface area (Å²) < 4.78 is 1.70. The lowest BCUT2D eigenvalue weighted by atomic mass is 10.0. The SMILES string of the molecule is NC(Cc1ccccc1-n1cccn1)C(=O)O. The second-order valence-corrected chi connectivity index (χ2v) is 3.73. The molecule has 1 heterocycles. The molecule has 0 bridgehead atoms. The van der Waals surface area contributed by atoms with E-state index in [4.69, 9.17) is 10.8 Å². The van der Waals surface area contributed by atoms with Crippen LogP contribution in [0, 0.1) is 0 Å². The largest absolute Gasteiger partial charge is 0.480 e. The third-order valence-electron chi connectivity index (χ3n) is 2.50. The topological polar surface area (TPSA) is 81.1 Å². The monoisotopic (exact) mass is 231 g/mol. The molecule has 5 heteroatoms. The van der Waals surface area contributed by atoms with Gasteiger partial charge in [-0.05, 0) is 17.7 Å². The van der Waals surface area contributed by atoms with Crippen molar-refractivity contribution in [2.45, 2.75) is 12.5 Å². The van der Waals surface area contributed by atoms with Crippen LogP contribution in [0.3, 0.4) is 0 Å². The molecule has 1 atom stereocenters. The van der Waals surface area contributed by atoms with E-state index in [0.29, 0.717) is 0 Å². The summed E-state index contributed by atoms with van der Waals surface area (Å²) in [6.45, 7) is 0. The van der Waals surface area contributed by atoms with E-state index in [1.807, 2.05) is 36.5 Å². The lowest BCUT2D eigenvalue weighted by molar-refractivity contribution is -0.138. The molecule has 2 aromatic rings. The Morgan fingerprint density at radius 3 is 2.82 bits per heavy atom. The van der Waals surface area contributed by atoms with Gasteiger partial charge < -0.3 is 10.8 Å². The second kappa shape index (κ2) is 4.80. The lowest BCUT2D eigenvalue weighted by Crippen LogP contribution is -2.32. The number of hydrogen-bond donors (Lipinski definition) is 2. The van der Waals surface area contributed by atoms with Crippen molar-refractivity contribution in [1.29, 1.82) is 0 Å². The second-order valence-electron chi connectivity index (χ2n) is 3.73. The smallest absolute Gasteiger partial charge is 0.320 e. The highest BCUT2D eigenvalue weighted by Crippen LogP contribution is 2.14. The zero-order valence-corrected chi connectivity index (χ0v) is 9.15. The Morgan fingerprint density at radius 1 is 1.41 bits per heavy atom. The van der Waals surface area contributed by atoms with E-state index in [1.54, 1.807) is 10.9 Å². The van der Waals surface area contributed by atoms with E-state index in [0.717, 1.165) is 11.3 Å². The minimum Gasteiger partial charge on any atom is -0.480 e. The number of carbonyl (C=O) groups is 1. The van der Waals surface area contributed by atoms with Crippen LogP contribution in [-0.4, -0.2) is 26.9 Å². The maximum Gasteiger partial charge on any atom is 0.320 e. The van der Waals surface area contributed by atoms with Crippen LogP contribution in [0.1, 0.15) is 5.56 Å². The summed E-state index contributed by atoms with van der Waals surface area (Å²) in [5.74, 6) is -1.000. The van der Waals surface area contributed by atoms with Crippen LogP contribution in [0.5, 0.6) is 0 Å². The Kier molecular flexibility index (Phi) is 3.20. The van der Waals surface area contributed by atoms with Crippen molar-refractivity contribution in [3.8, 4) is 5.69 Å². The van der Waals surface area contributed by atoms with Crippen molar-refractivity contribution < 1.29 is 9.90 Å². The van der Waals surface area contributed by atoms with Crippen LogP contribution in [-0.2, 0) is 11.2 Å². The molecule has 0 radical (unpaired) electrons. The molecular formula is C12H13N3O2. The molecule has 5 nitrogen and oxygen atoms in total. The van der Waals surface area contributed by atoms with Gasteiger partial charge in [0.05, 0.1) is 5.69 Å². The average Bonchev–Trinajstić information content (AvgIpc) is 2.83.